The zero-order valence-corrected chi connectivity index (χ0v) is 10.4. The first-order valence-corrected chi connectivity index (χ1v) is 6.15. The summed E-state index contributed by atoms with van der Waals surface area (Å²) < 4.78 is 1.80. The number of carbonyl (C=O) groups excluding carboxylic acids is 1. The van der Waals surface area contributed by atoms with Gasteiger partial charge in [0.25, 0.3) is 5.91 Å². The van der Waals surface area contributed by atoms with E-state index >= 15 is 0 Å². The molecule has 1 fully saturated rings. The van der Waals surface area contributed by atoms with Gasteiger partial charge in [0.05, 0.1) is 18.3 Å². The summed E-state index contributed by atoms with van der Waals surface area (Å²) in [5.41, 5.74) is 0.539. The van der Waals surface area contributed by atoms with Crippen molar-refractivity contribution in [2.75, 3.05) is 13.1 Å². The molecule has 0 aromatic carbocycles. The Morgan fingerprint density at radius 1 is 1.61 bits per heavy atom. The molecule has 1 saturated heterocycles. The normalized spacial score (nSPS) is 18.9. The van der Waals surface area contributed by atoms with E-state index in [-0.39, 0.29) is 18.6 Å². The quantitative estimate of drug-likeness (QED) is 0.775. The Hall–Kier alpha value is -1.40. The molecule has 0 aliphatic carbocycles. The fourth-order valence-corrected chi connectivity index (χ4v) is 2.22. The highest BCUT2D eigenvalue weighted by Gasteiger charge is 2.26. The van der Waals surface area contributed by atoms with Gasteiger partial charge in [-0.15, -0.1) is 0 Å². The van der Waals surface area contributed by atoms with Crippen molar-refractivity contribution in [3.05, 3.63) is 18.0 Å². The van der Waals surface area contributed by atoms with Crippen LogP contribution in [0.25, 0.3) is 0 Å². The van der Waals surface area contributed by atoms with Crippen LogP contribution in [0, 0.1) is 6.07 Å². The van der Waals surface area contributed by atoms with E-state index in [0.29, 0.717) is 18.8 Å². The fourth-order valence-electron chi connectivity index (χ4n) is 2.22. The highest BCUT2D eigenvalue weighted by atomic mass is 16.3. The lowest BCUT2D eigenvalue weighted by Crippen LogP contribution is -2.43. The molecule has 0 unspecified atom stereocenters. The molecule has 0 bridgehead atoms. The Morgan fingerprint density at radius 2 is 2.28 bits per heavy atom. The number of nitrogens with zero attached hydrogens (tertiary/aromatic N) is 3. The zero-order chi connectivity index (χ0) is 13.1. The summed E-state index contributed by atoms with van der Waals surface area (Å²) in [7, 11) is 0. The molecule has 1 aromatic rings. The van der Waals surface area contributed by atoms with Crippen molar-refractivity contribution in [3.8, 4) is 0 Å². The Morgan fingerprint density at radius 3 is 2.78 bits per heavy atom. The molecule has 18 heavy (non-hydrogen) atoms. The van der Waals surface area contributed by atoms with Gasteiger partial charge in [-0.3, -0.25) is 9.48 Å². The van der Waals surface area contributed by atoms with Gasteiger partial charge in [-0.05, 0) is 19.8 Å². The van der Waals surface area contributed by atoms with Gasteiger partial charge in [0.2, 0.25) is 0 Å². The molecule has 6 heteroatoms. The van der Waals surface area contributed by atoms with Gasteiger partial charge in [-0.2, -0.15) is 5.10 Å². The Balaban J connectivity index is 1.92. The summed E-state index contributed by atoms with van der Waals surface area (Å²) in [6.45, 7) is 2.64. The van der Waals surface area contributed by atoms with E-state index < -0.39 is 6.10 Å². The summed E-state index contributed by atoms with van der Waals surface area (Å²) >= 11 is 0. The molecule has 99 valence electrons. The standard InChI is InChI=1S/C12H18N3O3/c1-9(17)12(18)14-5-3-11(4-6-14)15-7-2-10(8-16)13-15/h7,9,11,16-17H,3-6,8H2,1H3/t9-/m0/s1. The van der Waals surface area contributed by atoms with Crippen LogP contribution in [0.15, 0.2) is 6.20 Å². The van der Waals surface area contributed by atoms with Crippen LogP contribution in [0.5, 0.6) is 0 Å². The molecular formula is C12H18N3O3. The van der Waals surface area contributed by atoms with E-state index in [1.54, 1.807) is 15.8 Å². The number of aliphatic hydroxyl groups excluding tert-OH is 2. The molecule has 0 saturated carbocycles. The molecule has 1 radical (unpaired) electrons. The Kier molecular flexibility index (Phi) is 3.98. The summed E-state index contributed by atoms with van der Waals surface area (Å²) in [4.78, 5) is 13.3. The average Bonchev–Trinajstić information content (AvgIpc) is 2.86. The third-order valence-corrected chi connectivity index (χ3v) is 3.26. The third-order valence-electron chi connectivity index (χ3n) is 3.26. The van der Waals surface area contributed by atoms with Crippen molar-refractivity contribution in [2.45, 2.75) is 38.5 Å². The van der Waals surface area contributed by atoms with Crippen molar-refractivity contribution in [2.24, 2.45) is 0 Å². The Labute approximate surface area is 106 Å². The maximum atomic E-state index is 11.6. The minimum absolute atomic E-state index is 0.105. The lowest BCUT2D eigenvalue weighted by molar-refractivity contribution is -0.140. The molecular weight excluding hydrogens is 234 g/mol. The van der Waals surface area contributed by atoms with Gasteiger partial charge in [0.1, 0.15) is 6.10 Å². The number of likely N-dealkylation sites (tertiary alicyclic amines) is 1. The van der Waals surface area contributed by atoms with Crippen molar-refractivity contribution in [1.82, 2.24) is 14.7 Å². The second-order valence-corrected chi connectivity index (χ2v) is 4.59. The van der Waals surface area contributed by atoms with Crippen LogP contribution in [0.3, 0.4) is 0 Å². The number of aromatic nitrogens is 2. The molecule has 1 aromatic heterocycles. The van der Waals surface area contributed by atoms with Gasteiger partial charge in [-0.25, -0.2) is 0 Å². The highest BCUT2D eigenvalue weighted by Crippen LogP contribution is 2.22. The summed E-state index contributed by atoms with van der Waals surface area (Å²) in [6, 6.07) is 3.12. The van der Waals surface area contributed by atoms with Crippen LogP contribution < -0.4 is 0 Å². The van der Waals surface area contributed by atoms with Gasteiger partial charge in [-0.1, -0.05) is 0 Å². The van der Waals surface area contributed by atoms with Crippen LogP contribution in [-0.4, -0.2) is 50.0 Å². The maximum absolute atomic E-state index is 11.6. The second-order valence-electron chi connectivity index (χ2n) is 4.59. The number of carbonyl (C=O) groups is 1. The summed E-state index contributed by atoms with van der Waals surface area (Å²) in [5, 5.41) is 22.4. The third kappa shape index (κ3) is 2.70. The molecule has 2 heterocycles. The second kappa shape index (κ2) is 5.49. The van der Waals surface area contributed by atoms with E-state index in [9.17, 15) is 9.90 Å². The first-order valence-electron chi connectivity index (χ1n) is 6.15. The predicted molar refractivity (Wildman–Crippen MR) is 63.5 cm³/mol. The SMILES string of the molecule is C[C@H](O)C(=O)N1CCC(n2c[c]c(CO)n2)CC1. The minimum Gasteiger partial charge on any atom is -0.390 e. The van der Waals surface area contributed by atoms with Crippen LogP contribution in [0.2, 0.25) is 0 Å². The molecule has 1 aliphatic heterocycles. The fraction of sp³-hybridized carbons (Fsp3) is 0.667. The van der Waals surface area contributed by atoms with Gasteiger partial charge >= 0.3 is 0 Å². The van der Waals surface area contributed by atoms with Crippen molar-refractivity contribution < 1.29 is 15.0 Å². The summed E-state index contributed by atoms with van der Waals surface area (Å²) in [6.07, 6.45) is 2.42. The smallest absolute Gasteiger partial charge is 0.251 e. The van der Waals surface area contributed by atoms with Crippen LogP contribution in [0.1, 0.15) is 31.5 Å². The molecule has 1 atom stereocenters. The lowest BCUT2D eigenvalue weighted by atomic mass is 10.0. The lowest BCUT2D eigenvalue weighted by Gasteiger charge is -2.32. The van der Waals surface area contributed by atoms with Crippen molar-refractivity contribution in [3.63, 3.8) is 0 Å². The molecule has 6 nitrogen and oxygen atoms in total. The number of hydrogen-bond donors (Lipinski definition) is 2. The largest absolute Gasteiger partial charge is 0.390 e. The van der Waals surface area contributed by atoms with Gasteiger partial charge in [0, 0.05) is 25.4 Å². The first kappa shape index (κ1) is 13.0. The van der Waals surface area contributed by atoms with Crippen LogP contribution in [-0.2, 0) is 11.4 Å². The van der Waals surface area contributed by atoms with Crippen LogP contribution in [0.4, 0.5) is 0 Å². The topological polar surface area (TPSA) is 78.6 Å². The Bertz CT molecular complexity index is 408. The monoisotopic (exact) mass is 252 g/mol. The number of rotatable bonds is 3. The van der Waals surface area contributed by atoms with E-state index in [1.807, 2.05) is 0 Å². The molecule has 2 N–H and O–H groups in total. The van der Waals surface area contributed by atoms with E-state index in [0.717, 1.165) is 12.8 Å². The highest BCUT2D eigenvalue weighted by molar-refractivity contribution is 5.80. The van der Waals surface area contributed by atoms with E-state index in [1.165, 1.54) is 6.92 Å². The molecule has 2 rings (SSSR count). The molecule has 0 spiro atoms. The maximum Gasteiger partial charge on any atom is 0.251 e. The van der Waals surface area contributed by atoms with Crippen LogP contribution >= 0.6 is 0 Å². The zero-order valence-electron chi connectivity index (χ0n) is 10.4. The summed E-state index contributed by atoms with van der Waals surface area (Å²) in [5.74, 6) is -0.212. The first-order chi connectivity index (χ1) is 8.61. The molecule has 1 amide bonds. The number of piperidine rings is 1. The number of aliphatic hydroxyl groups is 2. The van der Waals surface area contributed by atoms with Gasteiger partial charge < -0.3 is 15.1 Å². The number of hydrogen-bond acceptors (Lipinski definition) is 4. The van der Waals surface area contributed by atoms with E-state index in [2.05, 4.69) is 11.2 Å². The average molecular weight is 252 g/mol. The predicted octanol–water partition coefficient (Wildman–Crippen LogP) is -0.280. The minimum atomic E-state index is -0.930. The van der Waals surface area contributed by atoms with E-state index in [4.69, 9.17) is 5.11 Å². The molecule has 1 aliphatic rings. The number of amides is 1. The van der Waals surface area contributed by atoms with Crippen molar-refractivity contribution >= 4 is 5.91 Å². The van der Waals surface area contributed by atoms with Gasteiger partial charge in [0.15, 0.2) is 0 Å². The van der Waals surface area contributed by atoms with Crippen molar-refractivity contribution in [1.29, 1.82) is 0 Å².